The van der Waals surface area contributed by atoms with Gasteiger partial charge in [0, 0.05) is 0 Å². The third-order valence-electron chi connectivity index (χ3n) is 1.47. The molecule has 72 valence electrons. The van der Waals surface area contributed by atoms with Crippen LogP contribution < -0.4 is 5.14 Å². The van der Waals surface area contributed by atoms with Gasteiger partial charge in [-0.2, -0.15) is 0 Å². The van der Waals surface area contributed by atoms with Crippen molar-refractivity contribution < 1.29 is 13.0 Å². The zero-order valence-corrected chi connectivity index (χ0v) is 8.56. The first-order valence-electron chi connectivity index (χ1n) is 3.38. The first-order chi connectivity index (χ1) is 5.93. The van der Waals surface area contributed by atoms with Gasteiger partial charge in [0.1, 0.15) is 11.2 Å². The number of sulfonamides is 1. The average molecular weight is 219 g/mol. The molecule has 1 atom stereocenters. The smallest absolute Gasteiger partial charge is 0.243 e. The molecule has 1 aromatic carbocycles. The topological polar surface area (TPSA) is 83.2 Å². The third-order valence-corrected chi connectivity index (χ3v) is 3.54. The van der Waals surface area contributed by atoms with Gasteiger partial charge >= 0.3 is 0 Å². The van der Waals surface area contributed by atoms with Crippen molar-refractivity contribution >= 4 is 21.2 Å². The maximum atomic E-state index is 11.1. The van der Waals surface area contributed by atoms with Crippen LogP contribution in [0.5, 0.6) is 0 Å². The van der Waals surface area contributed by atoms with Crippen LogP contribution in [0, 0.1) is 0 Å². The van der Waals surface area contributed by atoms with Crippen LogP contribution in [0.2, 0.25) is 0 Å². The molecular weight excluding hydrogens is 210 g/mol. The Morgan fingerprint density at radius 3 is 2.31 bits per heavy atom. The van der Waals surface area contributed by atoms with Crippen molar-refractivity contribution in [1.29, 1.82) is 0 Å². The minimum atomic E-state index is -3.77. The van der Waals surface area contributed by atoms with E-state index in [9.17, 15) is 13.0 Å². The lowest BCUT2D eigenvalue weighted by molar-refractivity contribution is 0.586. The van der Waals surface area contributed by atoms with Gasteiger partial charge < -0.3 is 4.55 Å². The van der Waals surface area contributed by atoms with E-state index >= 15 is 0 Å². The molecule has 0 amide bonds. The first-order valence-corrected chi connectivity index (χ1v) is 6.48. The van der Waals surface area contributed by atoms with Gasteiger partial charge in [0.05, 0.1) is 0 Å². The Bertz CT molecular complexity index is 400. The molecule has 0 aromatic heterocycles. The van der Waals surface area contributed by atoms with E-state index in [0.29, 0.717) is 0 Å². The van der Waals surface area contributed by atoms with E-state index in [4.69, 9.17) is 5.14 Å². The molecule has 0 spiro atoms. The van der Waals surface area contributed by atoms with Crippen LogP contribution in [0.15, 0.2) is 34.1 Å². The molecule has 4 nitrogen and oxygen atoms in total. The van der Waals surface area contributed by atoms with Crippen LogP contribution in [0.4, 0.5) is 0 Å². The van der Waals surface area contributed by atoms with E-state index in [1.54, 1.807) is 6.07 Å². The standard InChI is InChI=1S/C7H9NO3S2/c1-12(9)6-4-2-3-5-7(6)13(8,10)11/h2-5H,1H3,(H2,8,10,11). The molecule has 13 heavy (non-hydrogen) atoms. The predicted molar refractivity (Wildman–Crippen MR) is 50.1 cm³/mol. The van der Waals surface area contributed by atoms with Gasteiger partial charge in [0.25, 0.3) is 0 Å². The maximum Gasteiger partial charge on any atom is 0.243 e. The molecule has 0 saturated heterocycles. The molecule has 0 radical (unpaired) electrons. The number of rotatable bonds is 2. The Morgan fingerprint density at radius 1 is 1.38 bits per heavy atom. The van der Waals surface area contributed by atoms with Gasteiger partial charge in [-0.1, -0.05) is 12.1 Å². The summed E-state index contributed by atoms with van der Waals surface area (Å²) in [5, 5.41) is 4.93. The second kappa shape index (κ2) is 3.67. The Labute approximate surface area is 80.0 Å². The fraction of sp³-hybridized carbons (Fsp3) is 0.143. The largest absolute Gasteiger partial charge is 0.612 e. The molecular formula is C7H9NO3S2. The lowest BCUT2D eigenvalue weighted by Gasteiger charge is -2.07. The van der Waals surface area contributed by atoms with Crippen molar-refractivity contribution in [3.63, 3.8) is 0 Å². The second-order valence-electron chi connectivity index (χ2n) is 2.45. The number of nitrogens with two attached hydrogens (primary N) is 1. The van der Waals surface area contributed by atoms with Crippen LogP contribution in [-0.2, 0) is 21.2 Å². The average Bonchev–Trinajstić information content (AvgIpc) is 2.03. The van der Waals surface area contributed by atoms with E-state index < -0.39 is 21.2 Å². The lowest BCUT2D eigenvalue weighted by Crippen LogP contribution is -2.16. The molecule has 0 heterocycles. The number of benzene rings is 1. The molecule has 1 rings (SSSR count). The quantitative estimate of drug-likeness (QED) is 0.714. The fourth-order valence-corrected chi connectivity index (χ4v) is 2.86. The highest BCUT2D eigenvalue weighted by Crippen LogP contribution is 2.18. The SMILES string of the molecule is C[S+]([O-])c1ccccc1S(N)(=O)=O. The number of hydrogen-bond donors (Lipinski definition) is 1. The van der Waals surface area contributed by atoms with Crippen molar-refractivity contribution in [3.05, 3.63) is 24.3 Å². The number of primary sulfonamides is 1. The van der Waals surface area contributed by atoms with Gasteiger partial charge in [-0.3, -0.25) is 0 Å². The van der Waals surface area contributed by atoms with E-state index in [-0.39, 0.29) is 9.79 Å². The zero-order chi connectivity index (χ0) is 10.1. The molecule has 1 aromatic rings. The minimum absolute atomic E-state index is 0.0733. The van der Waals surface area contributed by atoms with Crippen molar-refractivity contribution in [1.82, 2.24) is 0 Å². The molecule has 6 heteroatoms. The molecule has 0 fully saturated rings. The summed E-state index contributed by atoms with van der Waals surface area (Å²) in [6.07, 6.45) is 1.41. The highest BCUT2D eigenvalue weighted by atomic mass is 32.2. The molecule has 0 aliphatic carbocycles. The second-order valence-corrected chi connectivity index (χ2v) is 5.32. The zero-order valence-electron chi connectivity index (χ0n) is 6.93. The highest BCUT2D eigenvalue weighted by molar-refractivity contribution is 7.93. The summed E-state index contributed by atoms with van der Waals surface area (Å²) in [6, 6.07) is 5.98. The monoisotopic (exact) mass is 219 g/mol. The third kappa shape index (κ3) is 2.44. The molecule has 1 unspecified atom stereocenters. The van der Waals surface area contributed by atoms with Crippen molar-refractivity contribution in [3.8, 4) is 0 Å². The van der Waals surface area contributed by atoms with Crippen LogP contribution in [0.1, 0.15) is 0 Å². The van der Waals surface area contributed by atoms with Crippen molar-refractivity contribution in [2.75, 3.05) is 6.26 Å². The minimum Gasteiger partial charge on any atom is -0.612 e. The van der Waals surface area contributed by atoms with Gasteiger partial charge in [-0.15, -0.1) is 0 Å². The van der Waals surface area contributed by atoms with E-state index in [1.165, 1.54) is 24.5 Å². The van der Waals surface area contributed by atoms with E-state index in [0.717, 1.165) is 0 Å². The van der Waals surface area contributed by atoms with E-state index in [2.05, 4.69) is 0 Å². The summed E-state index contributed by atoms with van der Waals surface area (Å²) in [6.45, 7) is 0. The lowest BCUT2D eigenvalue weighted by atomic mass is 10.4. The summed E-state index contributed by atoms with van der Waals surface area (Å²) in [4.78, 5) is 0.167. The maximum absolute atomic E-state index is 11.1. The molecule has 2 N–H and O–H groups in total. The van der Waals surface area contributed by atoms with Crippen molar-refractivity contribution in [2.45, 2.75) is 9.79 Å². The summed E-state index contributed by atoms with van der Waals surface area (Å²) < 4.78 is 33.1. The molecule has 0 saturated carbocycles. The van der Waals surface area contributed by atoms with Crippen LogP contribution in [0.3, 0.4) is 0 Å². The van der Waals surface area contributed by atoms with E-state index in [1.807, 2.05) is 0 Å². The summed E-state index contributed by atoms with van der Waals surface area (Å²) in [7, 11) is -3.77. The first kappa shape index (κ1) is 10.5. The van der Waals surface area contributed by atoms with Crippen LogP contribution in [0.25, 0.3) is 0 Å². The van der Waals surface area contributed by atoms with Crippen LogP contribution >= 0.6 is 0 Å². The van der Waals surface area contributed by atoms with Gasteiger partial charge in [0.2, 0.25) is 10.0 Å². The Kier molecular flexibility index (Phi) is 2.97. The summed E-state index contributed by atoms with van der Waals surface area (Å²) in [5.41, 5.74) is 0. The van der Waals surface area contributed by atoms with Crippen LogP contribution in [-0.4, -0.2) is 19.2 Å². The Morgan fingerprint density at radius 2 is 1.92 bits per heavy atom. The Balaban J connectivity index is 3.37. The molecule has 0 bridgehead atoms. The summed E-state index contributed by atoms with van der Waals surface area (Å²) in [5.74, 6) is 0. The van der Waals surface area contributed by atoms with Gasteiger partial charge in [-0.05, 0) is 23.3 Å². The van der Waals surface area contributed by atoms with Gasteiger partial charge in [-0.25, -0.2) is 13.6 Å². The number of hydrogen-bond acceptors (Lipinski definition) is 3. The predicted octanol–water partition coefficient (Wildman–Crippen LogP) is 0.0714. The Hall–Kier alpha value is -0.560. The van der Waals surface area contributed by atoms with Crippen molar-refractivity contribution in [2.24, 2.45) is 5.14 Å². The summed E-state index contributed by atoms with van der Waals surface area (Å²) >= 11 is -1.35. The fourth-order valence-electron chi connectivity index (χ4n) is 0.923. The highest BCUT2D eigenvalue weighted by Gasteiger charge is 2.19. The van der Waals surface area contributed by atoms with Gasteiger partial charge in [0.15, 0.2) is 4.90 Å². The molecule has 0 aliphatic heterocycles. The normalized spacial score (nSPS) is 14.1. The molecule has 0 aliphatic rings.